The smallest absolute Gasteiger partial charge is 0.0691 e. The minimum atomic E-state index is -0.699. The lowest BCUT2D eigenvalue weighted by atomic mass is 10.2. The Morgan fingerprint density at radius 2 is 2.31 bits per heavy atom. The highest BCUT2D eigenvalue weighted by Gasteiger charge is 2.29. The second kappa shape index (κ2) is 7.41. The second-order valence-electron chi connectivity index (χ2n) is 4.59. The highest BCUT2D eigenvalue weighted by molar-refractivity contribution is 7.85. The van der Waals surface area contributed by atoms with Crippen LogP contribution in [0.5, 0.6) is 0 Å². The van der Waals surface area contributed by atoms with Gasteiger partial charge in [0.2, 0.25) is 0 Å². The molecule has 0 radical (unpaired) electrons. The molecule has 16 heavy (non-hydrogen) atoms. The van der Waals surface area contributed by atoms with Gasteiger partial charge in [0.1, 0.15) is 0 Å². The van der Waals surface area contributed by atoms with E-state index in [0.717, 1.165) is 38.2 Å². The van der Waals surface area contributed by atoms with Crippen LogP contribution in [0.4, 0.5) is 0 Å². The average molecular weight is 247 g/mol. The quantitative estimate of drug-likeness (QED) is 0.744. The van der Waals surface area contributed by atoms with E-state index < -0.39 is 10.8 Å². The molecule has 3 nitrogen and oxygen atoms in total. The van der Waals surface area contributed by atoms with Crippen LogP contribution < -0.4 is 5.32 Å². The summed E-state index contributed by atoms with van der Waals surface area (Å²) in [6.07, 6.45) is 3.31. The molecular weight excluding hydrogens is 222 g/mol. The normalized spacial score (nSPS) is 29.2. The van der Waals surface area contributed by atoms with Crippen molar-refractivity contribution >= 4 is 10.8 Å². The van der Waals surface area contributed by atoms with Crippen LogP contribution >= 0.6 is 0 Å². The molecule has 1 fully saturated rings. The van der Waals surface area contributed by atoms with Gasteiger partial charge in [-0.15, -0.1) is 0 Å². The molecule has 0 bridgehead atoms. The molecule has 4 heteroatoms. The molecular formula is C12H25NO2S. The maximum absolute atomic E-state index is 12.0. The van der Waals surface area contributed by atoms with E-state index in [4.69, 9.17) is 4.74 Å². The first kappa shape index (κ1) is 14.1. The van der Waals surface area contributed by atoms with Crippen molar-refractivity contribution in [1.29, 1.82) is 0 Å². The van der Waals surface area contributed by atoms with Crippen LogP contribution in [0.15, 0.2) is 0 Å². The molecule has 1 rings (SSSR count). The Kier molecular flexibility index (Phi) is 6.54. The number of ether oxygens (including phenoxy) is 1. The highest BCUT2D eigenvalue weighted by atomic mass is 32.2. The van der Waals surface area contributed by atoms with Gasteiger partial charge in [-0.3, -0.25) is 4.21 Å². The van der Waals surface area contributed by atoms with Crippen molar-refractivity contribution in [2.24, 2.45) is 0 Å². The first-order chi connectivity index (χ1) is 7.65. The van der Waals surface area contributed by atoms with Crippen LogP contribution in [0, 0.1) is 0 Å². The zero-order valence-corrected chi connectivity index (χ0v) is 11.5. The molecule has 1 aliphatic rings. The molecule has 0 aromatic heterocycles. The zero-order valence-electron chi connectivity index (χ0n) is 10.7. The topological polar surface area (TPSA) is 38.3 Å². The maximum Gasteiger partial charge on any atom is 0.0691 e. The number of nitrogens with one attached hydrogen (secondary N) is 1. The zero-order chi connectivity index (χ0) is 12.0. The van der Waals surface area contributed by atoms with Gasteiger partial charge >= 0.3 is 0 Å². The van der Waals surface area contributed by atoms with Gasteiger partial charge in [0.15, 0.2) is 0 Å². The third-order valence-corrected chi connectivity index (χ3v) is 5.16. The fraction of sp³-hybridized carbons (Fsp3) is 1.00. The lowest BCUT2D eigenvalue weighted by Crippen LogP contribution is -2.28. The van der Waals surface area contributed by atoms with E-state index in [2.05, 4.69) is 19.2 Å². The molecule has 0 aliphatic carbocycles. The summed E-state index contributed by atoms with van der Waals surface area (Å²) in [7, 11) is -0.699. The summed E-state index contributed by atoms with van der Waals surface area (Å²) in [4.78, 5) is 0. The Morgan fingerprint density at radius 3 is 2.88 bits per heavy atom. The maximum atomic E-state index is 12.0. The number of rotatable bonds is 7. The Morgan fingerprint density at radius 1 is 1.56 bits per heavy atom. The molecule has 1 N–H and O–H groups in total. The molecule has 96 valence electrons. The highest BCUT2D eigenvalue weighted by Crippen LogP contribution is 2.19. The van der Waals surface area contributed by atoms with Gasteiger partial charge in [0, 0.05) is 29.2 Å². The van der Waals surface area contributed by atoms with Crippen LogP contribution in [-0.4, -0.2) is 40.5 Å². The van der Waals surface area contributed by atoms with Crippen molar-refractivity contribution in [3.05, 3.63) is 0 Å². The first-order valence-corrected chi connectivity index (χ1v) is 7.75. The van der Waals surface area contributed by atoms with Crippen molar-refractivity contribution in [1.82, 2.24) is 5.32 Å². The van der Waals surface area contributed by atoms with Crippen molar-refractivity contribution in [3.8, 4) is 0 Å². The van der Waals surface area contributed by atoms with Crippen LogP contribution in [0.3, 0.4) is 0 Å². The number of hydrogen-bond donors (Lipinski definition) is 1. The fourth-order valence-electron chi connectivity index (χ4n) is 2.19. The lowest BCUT2D eigenvalue weighted by Gasteiger charge is -2.15. The molecule has 1 aliphatic heterocycles. The van der Waals surface area contributed by atoms with Gasteiger partial charge in [-0.05, 0) is 39.7 Å². The Bertz CT molecular complexity index is 223. The summed E-state index contributed by atoms with van der Waals surface area (Å²) in [5, 5.41) is 3.65. The molecule has 0 spiro atoms. The minimum Gasteiger partial charge on any atom is -0.377 e. The van der Waals surface area contributed by atoms with E-state index in [1.54, 1.807) is 0 Å². The van der Waals surface area contributed by atoms with Gasteiger partial charge in [0.05, 0.1) is 11.4 Å². The molecule has 4 atom stereocenters. The summed E-state index contributed by atoms with van der Waals surface area (Å²) in [6.45, 7) is 8.14. The molecule has 4 unspecified atom stereocenters. The molecule has 0 aromatic rings. The van der Waals surface area contributed by atoms with Gasteiger partial charge in [-0.1, -0.05) is 6.92 Å². The van der Waals surface area contributed by atoms with Crippen molar-refractivity contribution < 1.29 is 8.95 Å². The van der Waals surface area contributed by atoms with E-state index in [9.17, 15) is 4.21 Å². The molecule has 0 saturated carbocycles. The van der Waals surface area contributed by atoms with Gasteiger partial charge in [-0.2, -0.15) is 0 Å². The van der Waals surface area contributed by atoms with E-state index in [1.807, 2.05) is 6.92 Å². The second-order valence-corrected chi connectivity index (χ2v) is 6.36. The summed E-state index contributed by atoms with van der Waals surface area (Å²) in [5.41, 5.74) is 0. The third kappa shape index (κ3) is 4.52. The minimum absolute atomic E-state index is 0.187. The lowest BCUT2D eigenvalue weighted by molar-refractivity contribution is 0.127. The average Bonchev–Trinajstić information content (AvgIpc) is 2.64. The van der Waals surface area contributed by atoms with Crippen molar-refractivity contribution in [2.75, 3.05) is 18.9 Å². The van der Waals surface area contributed by atoms with Crippen LogP contribution in [0.2, 0.25) is 0 Å². The monoisotopic (exact) mass is 247 g/mol. The summed E-state index contributed by atoms with van der Waals surface area (Å²) < 4.78 is 17.5. The van der Waals surface area contributed by atoms with Gasteiger partial charge in [0.25, 0.3) is 0 Å². The largest absolute Gasteiger partial charge is 0.377 e. The third-order valence-electron chi connectivity index (χ3n) is 3.18. The summed E-state index contributed by atoms with van der Waals surface area (Å²) >= 11 is 0. The molecule has 0 aromatic carbocycles. The SMILES string of the molecule is CCNC(C)CCCS(=O)C1CCOC1C. The summed E-state index contributed by atoms with van der Waals surface area (Å²) in [5.74, 6) is 0.827. The van der Waals surface area contributed by atoms with Crippen LogP contribution in [-0.2, 0) is 15.5 Å². The van der Waals surface area contributed by atoms with E-state index in [-0.39, 0.29) is 11.4 Å². The van der Waals surface area contributed by atoms with Gasteiger partial charge in [-0.25, -0.2) is 0 Å². The van der Waals surface area contributed by atoms with E-state index >= 15 is 0 Å². The Hall–Kier alpha value is 0.0700. The predicted molar refractivity (Wildman–Crippen MR) is 69.2 cm³/mol. The van der Waals surface area contributed by atoms with Crippen molar-refractivity contribution in [2.45, 2.75) is 57.4 Å². The molecule has 1 saturated heterocycles. The Labute approximate surface area is 102 Å². The fourth-order valence-corrected chi connectivity index (χ4v) is 3.81. The Balaban J connectivity index is 2.15. The first-order valence-electron chi connectivity index (χ1n) is 6.37. The predicted octanol–water partition coefficient (Wildman–Crippen LogP) is 1.69. The summed E-state index contributed by atoms with van der Waals surface area (Å²) in [6, 6.07) is 0.541. The van der Waals surface area contributed by atoms with E-state index in [0.29, 0.717) is 6.04 Å². The van der Waals surface area contributed by atoms with Gasteiger partial charge < -0.3 is 10.1 Å². The standard InChI is InChI=1S/C12H25NO2S/c1-4-13-10(2)6-5-9-16(14)12-7-8-15-11(12)3/h10-13H,4-9H2,1-3H3. The molecule has 1 heterocycles. The van der Waals surface area contributed by atoms with Crippen molar-refractivity contribution in [3.63, 3.8) is 0 Å². The van der Waals surface area contributed by atoms with Crippen LogP contribution in [0.25, 0.3) is 0 Å². The van der Waals surface area contributed by atoms with E-state index in [1.165, 1.54) is 0 Å². The number of hydrogen-bond acceptors (Lipinski definition) is 3. The molecule has 0 amide bonds. The van der Waals surface area contributed by atoms with Crippen LogP contribution in [0.1, 0.15) is 40.0 Å².